The molecule has 0 saturated carbocycles. The Labute approximate surface area is 123 Å². The quantitative estimate of drug-likeness (QED) is 0.793. The molecule has 2 aromatic carbocycles. The molecule has 0 N–H and O–H groups in total. The molecular formula is C18H16O3. The number of rotatable bonds is 2. The molecule has 2 heterocycles. The predicted octanol–water partition coefficient (Wildman–Crippen LogP) is 3.06. The van der Waals surface area contributed by atoms with Crippen LogP contribution in [0.1, 0.15) is 21.5 Å². The minimum Gasteiger partial charge on any atom is -0.493 e. The number of ether oxygens (including phenoxy) is 2. The van der Waals surface area contributed by atoms with Crippen LogP contribution in [0.3, 0.4) is 0 Å². The Bertz CT molecular complexity index is 705. The van der Waals surface area contributed by atoms with Crippen molar-refractivity contribution < 1.29 is 14.3 Å². The van der Waals surface area contributed by atoms with Gasteiger partial charge in [-0.05, 0) is 29.7 Å². The Balaban J connectivity index is 1.64. The molecule has 21 heavy (non-hydrogen) atoms. The molecule has 0 amide bonds. The Hall–Kier alpha value is -2.29. The molecule has 0 spiro atoms. The summed E-state index contributed by atoms with van der Waals surface area (Å²) in [7, 11) is 0. The van der Waals surface area contributed by atoms with Crippen molar-refractivity contribution in [1.82, 2.24) is 0 Å². The fraction of sp³-hybridized carbons (Fsp3) is 0.278. The van der Waals surface area contributed by atoms with Gasteiger partial charge in [-0.25, -0.2) is 0 Å². The first-order valence-corrected chi connectivity index (χ1v) is 7.32. The van der Waals surface area contributed by atoms with Crippen LogP contribution in [0.4, 0.5) is 0 Å². The van der Waals surface area contributed by atoms with Crippen molar-refractivity contribution in [2.75, 3.05) is 13.2 Å². The zero-order valence-corrected chi connectivity index (χ0v) is 11.7. The number of Topliss-reactive ketones (excluding diaryl/α,β-unsaturated/α-hetero) is 1. The number of ketones is 1. The summed E-state index contributed by atoms with van der Waals surface area (Å²) in [4.78, 5) is 12.8. The fourth-order valence-electron chi connectivity index (χ4n) is 3.13. The molecule has 0 aliphatic carbocycles. The van der Waals surface area contributed by atoms with Gasteiger partial charge in [-0.3, -0.25) is 4.79 Å². The average Bonchev–Trinajstić information content (AvgIpc) is 3.02. The van der Waals surface area contributed by atoms with E-state index in [1.807, 2.05) is 42.5 Å². The fourth-order valence-corrected chi connectivity index (χ4v) is 3.13. The SMILES string of the molecule is O=C(c1cccc2c1OCC2)C1COc2ccccc2C1. The van der Waals surface area contributed by atoms with E-state index in [9.17, 15) is 4.79 Å². The third-order valence-corrected chi connectivity index (χ3v) is 4.23. The largest absolute Gasteiger partial charge is 0.493 e. The van der Waals surface area contributed by atoms with E-state index in [1.165, 1.54) is 0 Å². The number of hydrogen-bond acceptors (Lipinski definition) is 3. The molecule has 4 rings (SSSR count). The molecule has 3 nitrogen and oxygen atoms in total. The smallest absolute Gasteiger partial charge is 0.173 e. The summed E-state index contributed by atoms with van der Waals surface area (Å²) in [6.07, 6.45) is 1.62. The monoisotopic (exact) mass is 280 g/mol. The van der Waals surface area contributed by atoms with Gasteiger partial charge in [0.25, 0.3) is 0 Å². The van der Waals surface area contributed by atoms with E-state index in [0.29, 0.717) is 18.8 Å². The highest BCUT2D eigenvalue weighted by Gasteiger charge is 2.30. The summed E-state index contributed by atoms with van der Waals surface area (Å²) in [5, 5.41) is 0. The van der Waals surface area contributed by atoms with E-state index >= 15 is 0 Å². The molecule has 2 aromatic rings. The van der Waals surface area contributed by atoms with Crippen LogP contribution in [0.25, 0.3) is 0 Å². The van der Waals surface area contributed by atoms with Gasteiger partial charge in [0.15, 0.2) is 5.78 Å². The molecule has 2 aliphatic heterocycles. The third kappa shape index (κ3) is 2.09. The van der Waals surface area contributed by atoms with E-state index in [2.05, 4.69) is 0 Å². The summed E-state index contributed by atoms with van der Waals surface area (Å²) in [6.45, 7) is 1.11. The molecule has 106 valence electrons. The van der Waals surface area contributed by atoms with Gasteiger partial charge in [0.1, 0.15) is 11.5 Å². The van der Waals surface area contributed by atoms with Crippen molar-refractivity contribution in [1.29, 1.82) is 0 Å². The van der Waals surface area contributed by atoms with E-state index in [0.717, 1.165) is 35.5 Å². The van der Waals surface area contributed by atoms with Crippen LogP contribution < -0.4 is 9.47 Å². The number of hydrogen-bond donors (Lipinski definition) is 0. The number of carbonyl (C=O) groups is 1. The number of fused-ring (bicyclic) bond motifs is 2. The summed E-state index contributed by atoms with van der Waals surface area (Å²) in [5.74, 6) is 1.68. The summed E-state index contributed by atoms with van der Waals surface area (Å²) in [5.41, 5.74) is 2.95. The van der Waals surface area contributed by atoms with Crippen molar-refractivity contribution in [3.8, 4) is 11.5 Å². The molecule has 0 aromatic heterocycles. The van der Waals surface area contributed by atoms with Crippen LogP contribution in [0.15, 0.2) is 42.5 Å². The highest BCUT2D eigenvalue weighted by Crippen LogP contribution is 2.34. The van der Waals surface area contributed by atoms with Gasteiger partial charge in [-0.2, -0.15) is 0 Å². The minimum absolute atomic E-state index is 0.128. The van der Waals surface area contributed by atoms with Crippen LogP contribution in [-0.2, 0) is 12.8 Å². The van der Waals surface area contributed by atoms with Gasteiger partial charge < -0.3 is 9.47 Å². The Morgan fingerprint density at radius 3 is 2.81 bits per heavy atom. The molecule has 1 atom stereocenters. The van der Waals surface area contributed by atoms with Crippen LogP contribution in [0.2, 0.25) is 0 Å². The molecule has 0 saturated heterocycles. The van der Waals surface area contributed by atoms with Crippen LogP contribution >= 0.6 is 0 Å². The lowest BCUT2D eigenvalue weighted by Crippen LogP contribution is -2.28. The average molecular weight is 280 g/mol. The predicted molar refractivity (Wildman–Crippen MR) is 79.1 cm³/mol. The molecule has 2 aliphatic rings. The maximum absolute atomic E-state index is 12.8. The second-order valence-corrected chi connectivity index (χ2v) is 5.58. The lowest BCUT2D eigenvalue weighted by molar-refractivity contribution is 0.0852. The van der Waals surface area contributed by atoms with E-state index < -0.39 is 0 Å². The highest BCUT2D eigenvalue weighted by atomic mass is 16.5. The zero-order chi connectivity index (χ0) is 14.2. The van der Waals surface area contributed by atoms with Gasteiger partial charge in [0.05, 0.1) is 24.7 Å². The second-order valence-electron chi connectivity index (χ2n) is 5.58. The first-order chi connectivity index (χ1) is 10.3. The first-order valence-electron chi connectivity index (χ1n) is 7.32. The summed E-state index contributed by atoms with van der Waals surface area (Å²) < 4.78 is 11.4. The van der Waals surface area contributed by atoms with Crippen molar-refractivity contribution in [3.63, 3.8) is 0 Å². The van der Waals surface area contributed by atoms with Gasteiger partial charge in [0.2, 0.25) is 0 Å². The van der Waals surface area contributed by atoms with E-state index in [-0.39, 0.29) is 11.7 Å². The maximum atomic E-state index is 12.8. The van der Waals surface area contributed by atoms with Crippen LogP contribution in [-0.4, -0.2) is 19.0 Å². The van der Waals surface area contributed by atoms with Crippen molar-refractivity contribution in [2.45, 2.75) is 12.8 Å². The standard InChI is InChI=1S/C18H16O3/c19-17(15-6-3-5-12-8-9-20-18(12)15)14-10-13-4-1-2-7-16(13)21-11-14/h1-7,14H,8-11H2. The lowest BCUT2D eigenvalue weighted by atomic mass is 9.89. The molecule has 1 unspecified atom stereocenters. The number of benzene rings is 2. The second kappa shape index (κ2) is 4.92. The summed E-state index contributed by atoms with van der Waals surface area (Å²) in [6, 6.07) is 13.8. The van der Waals surface area contributed by atoms with Crippen molar-refractivity contribution in [2.24, 2.45) is 5.92 Å². The Kier molecular flexibility index (Phi) is 2.92. The van der Waals surface area contributed by atoms with Crippen LogP contribution in [0, 0.1) is 5.92 Å². The van der Waals surface area contributed by atoms with Crippen molar-refractivity contribution >= 4 is 5.78 Å². The Morgan fingerprint density at radius 2 is 1.86 bits per heavy atom. The molecular weight excluding hydrogens is 264 g/mol. The van der Waals surface area contributed by atoms with E-state index in [1.54, 1.807) is 0 Å². The molecule has 0 fully saturated rings. The van der Waals surface area contributed by atoms with Gasteiger partial charge in [-0.1, -0.05) is 30.3 Å². The number of carbonyl (C=O) groups excluding carboxylic acids is 1. The summed E-state index contributed by atoms with van der Waals surface area (Å²) >= 11 is 0. The molecule has 3 heteroatoms. The zero-order valence-electron chi connectivity index (χ0n) is 11.7. The van der Waals surface area contributed by atoms with Crippen molar-refractivity contribution in [3.05, 3.63) is 59.2 Å². The number of para-hydroxylation sites is 2. The lowest BCUT2D eigenvalue weighted by Gasteiger charge is -2.24. The van der Waals surface area contributed by atoms with E-state index in [4.69, 9.17) is 9.47 Å². The molecule has 0 bridgehead atoms. The Morgan fingerprint density at radius 1 is 1.00 bits per heavy atom. The van der Waals surface area contributed by atoms with Crippen LogP contribution in [0.5, 0.6) is 11.5 Å². The topological polar surface area (TPSA) is 35.5 Å². The normalized spacial score (nSPS) is 19.1. The van der Waals surface area contributed by atoms with Gasteiger partial charge in [0, 0.05) is 6.42 Å². The maximum Gasteiger partial charge on any atom is 0.173 e. The first kappa shape index (κ1) is 12.5. The van der Waals surface area contributed by atoms with Gasteiger partial charge in [-0.15, -0.1) is 0 Å². The highest BCUT2D eigenvalue weighted by molar-refractivity contribution is 6.01. The third-order valence-electron chi connectivity index (χ3n) is 4.23. The minimum atomic E-state index is -0.129. The van der Waals surface area contributed by atoms with Gasteiger partial charge >= 0.3 is 0 Å². The molecule has 0 radical (unpaired) electrons.